The third-order valence-electron chi connectivity index (χ3n) is 3.93. The summed E-state index contributed by atoms with van der Waals surface area (Å²) < 4.78 is 65.2. The first-order valence-corrected chi connectivity index (χ1v) is 8.72. The van der Waals surface area contributed by atoms with Gasteiger partial charge in [-0.05, 0) is 19.1 Å². The van der Waals surface area contributed by atoms with Crippen LogP contribution >= 0.6 is 11.6 Å². The number of carbonyl (C=O) groups is 1. The molecule has 1 aromatic carbocycles. The van der Waals surface area contributed by atoms with Crippen molar-refractivity contribution in [2.75, 3.05) is 0 Å². The van der Waals surface area contributed by atoms with Crippen LogP contribution in [-0.2, 0) is 19.7 Å². The zero-order chi connectivity index (χ0) is 21.1. The average Bonchev–Trinajstić information content (AvgIpc) is 3.31. The lowest BCUT2D eigenvalue weighted by molar-refractivity contribution is 0.0917. The van der Waals surface area contributed by atoms with E-state index in [0.717, 1.165) is 0 Å². The van der Waals surface area contributed by atoms with Gasteiger partial charge in [-0.15, -0.1) is 0 Å². The Kier molecular flexibility index (Phi) is 6.12. The highest BCUT2D eigenvalue weighted by atomic mass is 35.5. The lowest BCUT2D eigenvalue weighted by atomic mass is 10.3. The average molecular weight is 432 g/mol. The van der Waals surface area contributed by atoms with Crippen LogP contribution < -0.4 is 10.1 Å². The molecule has 29 heavy (non-hydrogen) atoms. The molecule has 0 saturated carbocycles. The molecule has 1 amide bonds. The maximum Gasteiger partial charge on any atom is 0.287 e. The summed E-state index contributed by atoms with van der Waals surface area (Å²) in [5.74, 6) is -8.41. The normalized spacial score (nSPS) is 11.0. The van der Waals surface area contributed by atoms with Gasteiger partial charge in [0.2, 0.25) is 11.6 Å². The van der Waals surface area contributed by atoms with E-state index in [0.29, 0.717) is 17.3 Å². The highest BCUT2D eigenvalue weighted by Crippen LogP contribution is 2.27. The first kappa shape index (κ1) is 20.7. The van der Waals surface area contributed by atoms with Crippen molar-refractivity contribution in [3.05, 3.63) is 69.9 Å². The highest BCUT2D eigenvalue weighted by Gasteiger charge is 2.21. The summed E-state index contributed by atoms with van der Waals surface area (Å²) >= 11 is 6.02. The predicted molar refractivity (Wildman–Crippen MR) is 93.4 cm³/mol. The SMILES string of the molecule is CCn1ncc(Cl)c1CNC(=O)c1ccc(COc2c(F)c(F)cc(F)c2F)o1. The smallest absolute Gasteiger partial charge is 0.287 e. The maximum absolute atomic E-state index is 13.6. The Morgan fingerprint density at radius 1 is 1.24 bits per heavy atom. The summed E-state index contributed by atoms with van der Waals surface area (Å²) in [6, 6.07) is 2.71. The number of hydrogen-bond donors (Lipinski definition) is 1. The third kappa shape index (κ3) is 4.37. The van der Waals surface area contributed by atoms with E-state index in [1.165, 1.54) is 18.3 Å². The van der Waals surface area contributed by atoms with Gasteiger partial charge in [-0.1, -0.05) is 11.6 Å². The molecule has 154 valence electrons. The quantitative estimate of drug-likeness (QED) is 0.449. The molecule has 2 aromatic heterocycles. The van der Waals surface area contributed by atoms with Crippen LogP contribution in [0, 0.1) is 23.3 Å². The van der Waals surface area contributed by atoms with Crippen molar-refractivity contribution in [1.29, 1.82) is 0 Å². The maximum atomic E-state index is 13.6. The van der Waals surface area contributed by atoms with Gasteiger partial charge >= 0.3 is 0 Å². The number of hydrogen-bond acceptors (Lipinski definition) is 4. The van der Waals surface area contributed by atoms with E-state index in [4.69, 9.17) is 20.8 Å². The van der Waals surface area contributed by atoms with Gasteiger partial charge in [0.15, 0.2) is 23.1 Å². The molecule has 0 fully saturated rings. The zero-order valence-electron chi connectivity index (χ0n) is 14.9. The predicted octanol–water partition coefficient (Wildman–Crippen LogP) is 4.21. The summed E-state index contributed by atoms with van der Waals surface area (Å²) in [4.78, 5) is 12.2. The number of rotatable bonds is 7. The summed E-state index contributed by atoms with van der Waals surface area (Å²) in [6.45, 7) is 1.97. The van der Waals surface area contributed by atoms with Crippen LogP contribution in [0.2, 0.25) is 5.02 Å². The fourth-order valence-electron chi connectivity index (χ4n) is 2.49. The Labute approximate surface area is 167 Å². The Bertz CT molecular complexity index is 1030. The molecule has 0 aliphatic rings. The largest absolute Gasteiger partial charge is 0.479 e. The van der Waals surface area contributed by atoms with Gasteiger partial charge < -0.3 is 14.5 Å². The first-order chi connectivity index (χ1) is 13.8. The number of aromatic nitrogens is 2. The highest BCUT2D eigenvalue weighted by molar-refractivity contribution is 6.31. The minimum atomic E-state index is -1.67. The number of nitrogens with zero attached hydrogens (tertiary/aromatic N) is 2. The van der Waals surface area contributed by atoms with Crippen LogP contribution in [0.4, 0.5) is 17.6 Å². The van der Waals surface area contributed by atoms with E-state index in [1.807, 2.05) is 6.92 Å². The Hall–Kier alpha value is -3.01. The summed E-state index contributed by atoms with van der Waals surface area (Å²) in [5, 5.41) is 7.04. The van der Waals surface area contributed by atoms with Gasteiger partial charge in [-0.3, -0.25) is 9.48 Å². The molecule has 0 aliphatic heterocycles. The lowest BCUT2D eigenvalue weighted by Crippen LogP contribution is -2.24. The van der Waals surface area contributed by atoms with Crippen molar-refractivity contribution in [3.8, 4) is 5.75 Å². The van der Waals surface area contributed by atoms with Crippen LogP contribution in [0.15, 0.2) is 28.8 Å². The van der Waals surface area contributed by atoms with Crippen LogP contribution in [-0.4, -0.2) is 15.7 Å². The lowest BCUT2D eigenvalue weighted by Gasteiger charge is -2.08. The van der Waals surface area contributed by atoms with E-state index >= 15 is 0 Å². The Morgan fingerprint density at radius 2 is 1.93 bits per heavy atom. The first-order valence-electron chi connectivity index (χ1n) is 8.34. The zero-order valence-corrected chi connectivity index (χ0v) is 15.7. The number of ether oxygens (including phenoxy) is 1. The van der Waals surface area contributed by atoms with Crippen molar-refractivity contribution >= 4 is 17.5 Å². The number of halogens is 5. The number of aryl methyl sites for hydroxylation is 1. The summed E-state index contributed by atoms with van der Waals surface area (Å²) in [7, 11) is 0. The van der Waals surface area contributed by atoms with Crippen molar-refractivity contribution in [1.82, 2.24) is 15.1 Å². The third-order valence-corrected chi connectivity index (χ3v) is 4.25. The van der Waals surface area contributed by atoms with Crippen molar-refractivity contribution < 1.29 is 31.5 Å². The molecule has 1 N–H and O–H groups in total. The number of nitrogens with one attached hydrogen (secondary N) is 1. The van der Waals surface area contributed by atoms with Gasteiger partial charge in [0, 0.05) is 12.6 Å². The standard InChI is InChI=1S/C18H14ClF4N3O3/c1-2-26-13(10(19)6-25-26)7-24-18(27)14-4-3-9(29-14)8-28-17-15(22)11(20)5-12(21)16(17)23/h3-6H,2,7-8H2,1H3,(H,24,27). The van der Waals surface area contributed by atoms with E-state index in [-0.39, 0.29) is 24.1 Å². The molecule has 6 nitrogen and oxygen atoms in total. The molecule has 0 spiro atoms. The number of benzene rings is 1. The van der Waals surface area contributed by atoms with Crippen LogP contribution in [0.3, 0.4) is 0 Å². The van der Waals surface area contributed by atoms with Crippen LogP contribution in [0.25, 0.3) is 0 Å². The molecular weight excluding hydrogens is 418 g/mol. The van der Waals surface area contributed by atoms with Crippen molar-refractivity contribution in [2.45, 2.75) is 26.6 Å². The molecule has 0 aliphatic carbocycles. The van der Waals surface area contributed by atoms with Gasteiger partial charge in [0.25, 0.3) is 5.91 Å². The number of carbonyl (C=O) groups excluding carboxylic acids is 1. The second kappa shape index (κ2) is 8.56. The number of amides is 1. The van der Waals surface area contributed by atoms with Crippen LogP contribution in [0.1, 0.15) is 28.9 Å². The van der Waals surface area contributed by atoms with Gasteiger partial charge in [0.05, 0.1) is 23.5 Å². The fourth-order valence-corrected chi connectivity index (χ4v) is 2.69. The second-order valence-corrected chi connectivity index (χ2v) is 6.20. The van der Waals surface area contributed by atoms with E-state index < -0.39 is 41.5 Å². The van der Waals surface area contributed by atoms with Gasteiger partial charge in [-0.25, -0.2) is 8.78 Å². The van der Waals surface area contributed by atoms with Crippen molar-refractivity contribution in [3.63, 3.8) is 0 Å². The summed E-state index contributed by atoms with van der Waals surface area (Å²) in [5.41, 5.74) is 0.608. The minimum absolute atomic E-state index is 0.00949. The molecular formula is C18H14ClF4N3O3. The molecule has 0 radical (unpaired) electrons. The molecule has 3 aromatic rings. The monoisotopic (exact) mass is 431 g/mol. The minimum Gasteiger partial charge on any atom is -0.479 e. The molecule has 0 atom stereocenters. The van der Waals surface area contributed by atoms with E-state index in [9.17, 15) is 22.4 Å². The Morgan fingerprint density at radius 3 is 2.59 bits per heavy atom. The molecule has 11 heteroatoms. The number of furan rings is 1. The second-order valence-electron chi connectivity index (χ2n) is 5.79. The van der Waals surface area contributed by atoms with Crippen molar-refractivity contribution in [2.24, 2.45) is 0 Å². The molecule has 0 saturated heterocycles. The molecule has 2 heterocycles. The van der Waals surface area contributed by atoms with E-state index in [2.05, 4.69) is 10.4 Å². The molecule has 0 unspecified atom stereocenters. The molecule has 0 bridgehead atoms. The van der Waals surface area contributed by atoms with Crippen LogP contribution in [0.5, 0.6) is 5.75 Å². The topological polar surface area (TPSA) is 69.3 Å². The molecule has 3 rings (SSSR count). The summed E-state index contributed by atoms with van der Waals surface area (Å²) in [6.07, 6.45) is 1.46. The van der Waals surface area contributed by atoms with Gasteiger partial charge in [0.1, 0.15) is 12.4 Å². The van der Waals surface area contributed by atoms with Gasteiger partial charge in [-0.2, -0.15) is 13.9 Å². The van der Waals surface area contributed by atoms with E-state index in [1.54, 1.807) is 4.68 Å². The Balaban J connectivity index is 1.64. The fraction of sp³-hybridized carbons (Fsp3) is 0.222.